The van der Waals surface area contributed by atoms with E-state index < -0.39 is 0 Å². The van der Waals surface area contributed by atoms with Crippen molar-refractivity contribution in [2.24, 2.45) is 0 Å². The maximum absolute atomic E-state index is 12.6. The number of likely N-dealkylation sites (tertiary alicyclic amines) is 1. The average molecular weight is 423 g/mol. The van der Waals surface area contributed by atoms with E-state index in [2.05, 4.69) is 5.32 Å². The Hall–Kier alpha value is -3.28. The fourth-order valence-corrected chi connectivity index (χ4v) is 3.67. The number of methoxy groups -OCH3 is 1. The van der Waals surface area contributed by atoms with Gasteiger partial charge < -0.3 is 19.7 Å². The van der Waals surface area contributed by atoms with E-state index in [1.54, 1.807) is 19.3 Å². The average Bonchev–Trinajstić information content (AvgIpc) is 2.78. The zero-order valence-corrected chi connectivity index (χ0v) is 18.4. The number of hydrogen-bond donors (Lipinski definition) is 1. The van der Waals surface area contributed by atoms with Gasteiger partial charge in [0, 0.05) is 30.8 Å². The lowest BCUT2D eigenvalue weighted by molar-refractivity contribution is -0.126. The fourth-order valence-electron chi connectivity index (χ4n) is 3.67. The summed E-state index contributed by atoms with van der Waals surface area (Å²) in [7, 11) is 1.60. The van der Waals surface area contributed by atoms with E-state index in [1.165, 1.54) is 0 Å². The van der Waals surface area contributed by atoms with E-state index >= 15 is 0 Å². The number of carbonyl (C=O) groups excluding carboxylic acids is 2. The Bertz CT molecular complexity index is 946. The molecule has 6 nitrogen and oxygen atoms in total. The Balaban J connectivity index is 1.53. The maximum atomic E-state index is 12.6. The number of carbonyl (C=O) groups is 2. The molecule has 1 N–H and O–H groups in total. The van der Waals surface area contributed by atoms with Gasteiger partial charge in [0.25, 0.3) is 5.91 Å². The highest BCUT2D eigenvalue weighted by atomic mass is 16.5. The van der Waals surface area contributed by atoms with Crippen molar-refractivity contribution < 1.29 is 19.1 Å². The second-order valence-electron chi connectivity index (χ2n) is 7.56. The second kappa shape index (κ2) is 10.7. The molecular weight excluding hydrogens is 392 g/mol. The smallest absolute Gasteiger partial charge is 0.251 e. The molecule has 3 rings (SSSR count). The predicted octanol–water partition coefficient (Wildman–Crippen LogP) is 3.84. The van der Waals surface area contributed by atoms with Gasteiger partial charge in [0.2, 0.25) is 5.91 Å². The Labute approximate surface area is 183 Å². The lowest BCUT2D eigenvalue weighted by Gasteiger charge is -2.31. The summed E-state index contributed by atoms with van der Waals surface area (Å²) in [6.45, 7) is 5.63. The highest BCUT2D eigenvalue weighted by Crippen LogP contribution is 2.28. The highest BCUT2D eigenvalue weighted by Gasteiger charge is 2.23. The quantitative estimate of drug-likeness (QED) is 0.689. The molecule has 1 saturated heterocycles. The highest BCUT2D eigenvalue weighted by molar-refractivity contribution is 5.96. The summed E-state index contributed by atoms with van der Waals surface area (Å²) in [4.78, 5) is 26.9. The molecule has 1 aliphatic rings. The van der Waals surface area contributed by atoms with E-state index in [-0.39, 0.29) is 17.9 Å². The van der Waals surface area contributed by atoms with E-state index in [0.29, 0.717) is 36.8 Å². The van der Waals surface area contributed by atoms with Crippen molar-refractivity contribution in [2.45, 2.75) is 32.7 Å². The van der Waals surface area contributed by atoms with Crippen molar-refractivity contribution in [3.63, 3.8) is 0 Å². The maximum Gasteiger partial charge on any atom is 0.251 e. The third-order valence-electron chi connectivity index (χ3n) is 5.44. The molecule has 2 amide bonds. The zero-order valence-electron chi connectivity index (χ0n) is 18.4. The van der Waals surface area contributed by atoms with E-state index in [1.807, 2.05) is 61.2 Å². The van der Waals surface area contributed by atoms with E-state index in [0.717, 1.165) is 24.0 Å². The van der Waals surface area contributed by atoms with Gasteiger partial charge in [0.05, 0.1) is 13.7 Å². The number of amides is 2. The number of hydrogen-bond acceptors (Lipinski definition) is 4. The predicted molar refractivity (Wildman–Crippen MR) is 121 cm³/mol. The van der Waals surface area contributed by atoms with Crippen molar-refractivity contribution in [3.05, 3.63) is 65.2 Å². The van der Waals surface area contributed by atoms with Crippen LogP contribution in [0.1, 0.15) is 41.3 Å². The number of ether oxygens (including phenoxy) is 2. The summed E-state index contributed by atoms with van der Waals surface area (Å²) in [6.07, 6.45) is 4.86. The van der Waals surface area contributed by atoms with Crippen molar-refractivity contribution in [3.8, 4) is 11.5 Å². The molecule has 31 heavy (non-hydrogen) atoms. The van der Waals surface area contributed by atoms with Crippen LogP contribution >= 0.6 is 0 Å². The number of benzene rings is 2. The molecule has 1 aliphatic heterocycles. The molecule has 0 aliphatic carbocycles. The fraction of sp³-hybridized carbons (Fsp3) is 0.360. The van der Waals surface area contributed by atoms with Gasteiger partial charge in [0.1, 0.15) is 0 Å². The van der Waals surface area contributed by atoms with Crippen LogP contribution in [0.3, 0.4) is 0 Å². The van der Waals surface area contributed by atoms with Crippen LogP contribution in [0.5, 0.6) is 11.5 Å². The molecule has 0 unspecified atom stereocenters. The number of piperidine rings is 1. The molecule has 2 aromatic rings. The summed E-state index contributed by atoms with van der Waals surface area (Å²) in [5.74, 6) is 1.25. The first-order chi connectivity index (χ1) is 15.0. The molecule has 0 atom stereocenters. The molecule has 0 saturated carbocycles. The molecule has 0 spiro atoms. The van der Waals surface area contributed by atoms with E-state index in [9.17, 15) is 9.59 Å². The number of rotatable bonds is 7. The van der Waals surface area contributed by atoms with Gasteiger partial charge >= 0.3 is 0 Å². The Kier molecular flexibility index (Phi) is 7.70. The Morgan fingerprint density at radius 2 is 1.87 bits per heavy atom. The van der Waals surface area contributed by atoms with Crippen LogP contribution < -0.4 is 14.8 Å². The standard InChI is InChI=1S/C25H30N2O4/c1-4-31-23-17-19(9-11-22(23)30-3)10-12-24(28)27-15-13-20(14-16-27)26-25(29)21-8-6-5-7-18(21)2/h5-12,17,20H,4,13-16H2,1-3H3,(H,26,29)/b12-10+. The SMILES string of the molecule is CCOc1cc(/C=C/C(=O)N2CCC(NC(=O)c3ccccc3C)CC2)ccc1OC. The molecule has 0 radical (unpaired) electrons. The normalized spacial score (nSPS) is 14.5. The van der Waals surface area contributed by atoms with Crippen LogP contribution in [0, 0.1) is 6.92 Å². The number of nitrogens with zero attached hydrogens (tertiary/aromatic N) is 1. The first-order valence-corrected chi connectivity index (χ1v) is 10.7. The molecule has 0 aromatic heterocycles. The van der Waals surface area contributed by atoms with Crippen LogP contribution in [-0.4, -0.2) is 49.6 Å². The van der Waals surface area contributed by atoms with Gasteiger partial charge in [-0.3, -0.25) is 9.59 Å². The minimum absolute atomic E-state index is 0.0301. The molecular formula is C25H30N2O4. The molecule has 6 heteroatoms. The van der Waals surface area contributed by atoms with Gasteiger partial charge in [0.15, 0.2) is 11.5 Å². The molecule has 2 aromatic carbocycles. The van der Waals surface area contributed by atoms with Crippen LogP contribution in [0.2, 0.25) is 0 Å². The summed E-state index contributed by atoms with van der Waals surface area (Å²) in [5, 5.41) is 3.10. The minimum Gasteiger partial charge on any atom is -0.493 e. The minimum atomic E-state index is -0.0487. The first-order valence-electron chi connectivity index (χ1n) is 10.7. The van der Waals surface area contributed by atoms with Crippen molar-refractivity contribution in [2.75, 3.05) is 26.8 Å². The Morgan fingerprint density at radius 1 is 1.13 bits per heavy atom. The lowest BCUT2D eigenvalue weighted by Crippen LogP contribution is -2.46. The summed E-state index contributed by atoms with van der Waals surface area (Å²) in [6, 6.07) is 13.2. The molecule has 0 bridgehead atoms. The van der Waals surface area contributed by atoms with Gasteiger partial charge in [-0.2, -0.15) is 0 Å². The number of aryl methyl sites for hydroxylation is 1. The molecule has 1 heterocycles. The Morgan fingerprint density at radius 3 is 2.55 bits per heavy atom. The van der Waals surface area contributed by atoms with Gasteiger partial charge in [-0.05, 0) is 62.1 Å². The summed E-state index contributed by atoms with van der Waals surface area (Å²) < 4.78 is 10.9. The van der Waals surface area contributed by atoms with Crippen LogP contribution in [0.25, 0.3) is 6.08 Å². The van der Waals surface area contributed by atoms with Gasteiger partial charge in [-0.1, -0.05) is 24.3 Å². The van der Waals surface area contributed by atoms with Gasteiger partial charge in [-0.15, -0.1) is 0 Å². The number of nitrogens with one attached hydrogen (secondary N) is 1. The third-order valence-corrected chi connectivity index (χ3v) is 5.44. The largest absolute Gasteiger partial charge is 0.493 e. The second-order valence-corrected chi connectivity index (χ2v) is 7.56. The van der Waals surface area contributed by atoms with Crippen molar-refractivity contribution in [1.29, 1.82) is 0 Å². The van der Waals surface area contributed by atoms with Crippen molar-refractivity contribution >= 4 is 17.9 Å². The van der Waals surface area contributed by atoms with Crippen molar-refractivity contribution in [1.82, 2.24) is 10.2 Å². The topological polar surface area (TPSA) is 67.9 Å². The van der Waals surface area contributed by atoms with Crippen LogP contribution in [0.15, 0.2) is 48.5 Å². The molecule has 1 fully saturated rings. The summed E-state index contributed by atoms with van der Waals surface area (Å²) in [5.41, 5.74) is 2.54. The zero-order chi connectivity index (χ0) is 22.2. The lowest BCUT2D eigenvalue weighted by atomic mass is 10.0. The summed E-state index contributed by atoms with van der Waals surface area (Å²) >= 11 is 0. The first kappa shape index (κ1) is 22.4. The van der Waals surface area contributed by atoms with Crippen LogP contribution in [0.4, 0.5) is 0 Å². The third kappa shape index (κ3) is 5.87. The monoisotopic (exact) mass is 422 g/mol. The molecule has 164 valence electrons. The van der Waals surface area contributed by atoms with Gasteiger partial charge in [-0.25, -0.2) is 0 Å². The van der Waals surface area contributed by atoms with Crippen LogP contribution in [-0.2, 0) is 4.79 Å². The van der Waals surface area contributed by atoms with E-state index in [4.69, 9.17) is 9.47 Å².